The van der Waals surface area contributed by atoms with Crippen LogP contribution >= 0.6 is 0 Å². The Kier molecular flexibility index (Phi) is 6.99. The monoisotopic (exact) mass is 388 g/mol. The van der Waals surface area contributed by atoms with Crippen molar-refractivity contribution in [2.75, 3.05) is 57.3 Å². The van der Waals surface area contributed by atoms with Crippen molar-refractivity contribution in [2.24, 2.45) is 0 Å². The standard InChI is InChI=1S/C19H24N4O5/c1-25-12-14-11-18(22-19(20-14)23-7-9-27-10-8-23)28-13-17(24)21-15-5-3-4-6-16(15)26-2/h3-6,11H,7-10,12-13H2,1-2H3,(H,21,24). The van der Waals surface area contributed by atoms with Crippen LogP contribution < -0.4 is 19.7 Å². The molecule has 0 saturated carbocycles. The Bertz CT molecular complexity index is 796. The first kappa shape index (κ1) is 19.8. The van der Waals surface area contributed by atoms with Crippen LogP contribution in [0.1, 0.15) is 5.69 Å². The van der Waals surface area contributed by atoms with Gasteiger partial charge in [-0.1, -0.05) is 12.1 Å². The van der Waals surface area contributed by atoms with Crippen LogP contribution in [0.2, 0.25) is 0 Å². The number of anilines is 2. The van der Waals surface area contributed by atoms with Gasteiger partial charge >= 0.3 is 0 Å². The predicted octanol–water partition coefficient (Wildman–Crippen LogP) is 1.49. The summed E-state index contributed by atoms with van der Waals surface area (Å²) < 4.78 is 21.4. The number of nitrogens with zero attached hydrogens (tertiary/aromatic N) is 3. The summed E-state index contributed by atoms with van der Waals surface area (Å²) in [5.41, 5.74) is 1.26. The zero-order valence-corrected chi connectivity index (χ0v) is 16.0. The summed E-state index contributed by atoms with van der Waals surface area (Å²) >= 11 is 0. The minimum absolute atomic E-state index is 0.190. The quantitative estimate of drug-likeness (QED) is 0.727. The molecule has 0 atom stereocenters. The smallest absolute Gasteiger partial charge is 0.262 e. The average Bonchev–Trinajstić information content (AvgIpc) is 2.73. The van der Waals surface area contributed by atoms with Crippen molar-refractivity contribution >= 4 is 17.5 Å². The predicted molar refractivity (Wildman–Crippen MR) is 103 cm³/mol. The van der Waals surface area contributed by atoms with Gasteiger partial charge in [-0.25, -0.2) is 4.98 Å². The second-order valence-electron chi connectivity index (χ2n) is 6.07. The number of nitrogens with one attached hydrogen (secondary N) is 1. The number of carbonyl (C=O) groups excluding carboxylic acids is 1. The number of para-hydroxylation sites is 2. The van der Waals surface area contributed by atoms with Gasteiger partial charge in [0.15, 0.2) is 6.61 Å². The lowest BCUT2D eigenvalue weighted by atomic mass is 10.3. The first-order valence-corrected chi connectivity index (χ1v) is 8.95. The second kappa shape index (κ2) is 9.86. The maximum atomic E-state index is 12.3. The van der Waals surface area contributed by atoms with Crippen LogP contribution in [0.5, 0.6) is 11.6 Å². The van der Waals surface area contributed by atoms with Crippen molar-refractivity contribution in [3.05, 3.63) is 36.0 Å². The van der Waals surface area contributed by atoms with E-state index in [0.29, 0.717) is 61.9 Å². The largest absolute Gasteiger partial charge is 0.495 e. The molecule has 0 spiro atoms. The fourth-order valence-corrected chi connectivity index (χ4v) is 2.73. The lowest BCUT2D eigenvalue weighted by Crippen LogP contribution is -2.37. The Morgan fingerprint density at radius 2 is 2.00 bits per heavy atom. The summed E-state index contributed by atoms with van der Waals surface area (Å²) in [7, 11) is 3.14. The molecule has 28 heavy (non-hydrogen) atoms. The molecule has 0 radical (unpaired) electrons. The number of aromatic nitrogens is 2. The summed E-state index contributed by atoms with van der Waals surface area (Å²) in [5, 5.41) is 2.77. The zero-order valence-electron chi connectivity index (χ0n) is 16.0. The van der Waals surface area contributed by atoms with Crippen LogP contribution in [0.3, 0.4) is 0 Å². The molecule has 1 aliphatic rings. The SMILES string of the molecule is COCc1cc(OCC(=O)Nc2ccccc2OC)nc(N2CCOCC2)n1. The van der Waals surface area contributed by atoms with Crippen molar-refractivity contribution in [3.8, 4) is 11.6 Å². The van der Waals surface area contributed by atoms with E-state index in [1.54, 1.807) is 32.4 Å². The average molecular weight is 388 g/mol. The van der Waals surface area contributed by atoms with E-state index in [-0.39, 0.29) is 12.5 Å². The molecular formula is C19H24N4O5. The number of hydrogen-bond donors (Lipinski definition) is 1. The summed E-state index contributed by atoms with van der Waals surface area (Å²) in [6.45, 7) is 2.77. The molecule has 1 aromatic carbocycles. The van der Waals surface area contributed by atoms with Gasteiger partial charge in [0.25, 0.3) is 5.91 Å². The molecule has 1 aliphatic heterocycles. The Labute approximate surface area is 163 Å². The fourth-order valence-electron chi connectivity index (χ4n) is 2.73. The Balaban J connectivity index is 1.66. The number of ether oxygens (including phenoxy) is 4. The highest BCUT2D eigenvalue weighted by Gasteiger charge is 2.17. The minimum atomic E-state index is -0.315. The van der Waals surface area contributed by atoms with E-state index in [2.05, 4.69) is 15.3 Å². The van der Waals surface area contributed by atoms with E-state index in [1.165, 1.54) is 0 Å². The topological polar surface area (TPSA) is 95.0 Å². The first-order valence-electron chi connectivity index (χ1n) is 8.95. The third-order valence-corrected chi connectivity index (χ3v) is 4.06. The summed E-state index contributed by atoms with van der Waals surface area (Å²) in [4.78, 5) is 23.2. The molecule has 3 rings (SSSR count). The Hall–Kier alpha value is -2.91. The summed E-state index contributed by atoms with van der Waals surface area (Å²) in [5.74, 6) is 1.12. The van der Waals surface area contributed by atoms with Crippen molar-refractivity contribution in [3.63, 3.8) is 0 Å². The van der Waals surface area contributed by atoms with Gasteiger partial charge in [0, 0.05) is 26.3 Å². The summed E-state index contributed by atoms with van der Waals surface area (Å²) in [6, 6.07) is 8.84. The fraction of sp³-hybridized carbons (Fsp3) is 0.421. The number of methoxy groups -OCH3 is 2. The molecule has 0 aliphatic carbocycles. The molecule has 0 bridgehead atoms. The van der Waals surface area contributed by atoms with Gasteiger partial charge in [-0.3, -0.25) is 4.79 Å². The molecule has 9 nitrogen and oxygen atoms in total. The molecule has 2 aromatic rings. The van der Waals surface area contributed by atoms with Gasteiger partial charge < -0.3 is 29.2 Å². The number of benzene rings is 1. The minimum Gasteiger partial charge on any atom is -0.495 e. The molecule has 1 saturated heterocycles. The number of morpholine rings is 1. The number of carbonyl (C=O) groups is 1. The van der Waals surface area contributed by atoms with Gasteiger partial charge in [-0.15, -0.1) is 0 Å². The molecule has 1 aromatic heterocycles. The van der Waals surface area contributed by atoms with Crippen molar-refractivity contribution in [2.45, 2.75) is 6.61 Å². The van der Waals surface area contributed by atoms with Gasteiger partial charge in [0.1, 0.15) is 5.75 Å². The van der Waals surface area contributed by atoms with Gasteiger partial charge in [-0.2, -0.15) is 4.98 Å². The second-order valence-corrected chi connectivity index (χ2v) is 6.07. The molecule has 1 fully saturated rings. The third kappa shape index (κ3) is 5.30. The molecule has 9 heteroatoms. The van der Waals surface area contributed by atoms with Crippen LogP contribution in [0.4, 0.5) is 11.6 Å². The van der Waals surface area contributed by atoms with Crippen LogP contribution in [-0.2, 0) is 20.9 Å². The van der Waals surface area contributed by atoms with Crippen LogP contribution in [0.15, 0.2) is 30.3 Å². The van der Waals surface area contributed by atoms with E-state index in [4.69, 9.17) is 18.9 Å². The molecule has 2 heterocycles. The van der Waals surface area contributed by atoms with Crippen LogP contribution in [0.25, 0.3) is 0 Å². The summed E-state index contributed by atoms with van der Waals surface area (Å²) in [6.07, 6.45) is 0. The Morgan fingerprint density at radius 1 is 1.21 bits per heavy atom. The molecular weight excluding hydrogens is 364 g/mol. The number of amides is 1. The van der Waals surface area contributed by atoms with Crippen molar-refractivity contribution in [1.29, 1.82) is 0 Å². The van der Waals surface area contributed by atoms with E-state index in [1.807, 2.05) is 17.0 Å². The van der Waals surface area contributed by atoms with Crippen molar-refractivity contribution < 1.29 is 23.7 Å². The van der Waals surface area contributed by atoms with Crippen LogP contribution in [-0.4, -0.2) is 63.0 Å². The maximum absolute atomic E-state index is 12.3. The van der Waals surface area contributed by atoms with Gasteiger partial charge in [0.2, 0.25) is 11.8 Å². The van der Waals surface area contributed by atoms with Crippen molar-refractivity contribution in [1.82, 2.24) is 9.97 Å². The molecule has 1 amide bonds. The van der Waals surface area contributed by atoms with E-state index < -0.39 is 0 Å². The van der Waals surface area contributed by atoms with E-state index >= 15 is 0 Å². The highest BCUT2D eigenvalue weighted by Crippen LogP contribution is 2.23. The highest BCUT2D eigenvalue weighted by molar-refractivity contribution is 5.93. The lowest BCUT2D eigenvalue weighted by Gasteiger charge is -2.27. The molecule has 1 N–H and O–H groups in total. The highest BCUT2D eigenvalue weighted by atomic mass is 16.5. The maximum Gasteiger partial charge on any atom is 0.262 e. The normalized spacial score (nSPS) is 13.9. The number of hydrogen-bond acceptors (Lipinski definition) is 8. The van der Waals surface area contributed by atoms with Gasteiger partial charge in [-0.05, 0) is 12.1 Å². The lowest BCUT2D eigenvalue weighted by molar-refractivity contribution is -0.118. The zero-order chi connectivity index (χ0) is 19.8. The van der Waals surface area contributed by atoms with E-state index in [0.717, 1.165) is 0 Å². The molecule has 0 unspecified atom stereocenters. The van der Waals surface area contributed by atoms with E-state index in [9.17, 15) is 4.79 Å². The first-order chi connectivity index (χ1) is 13.7. The van der Waals surface area contributed by atoms with Gasteiger partial charge in [0.05, 0.1) is 38.3 Å². The Morgan fingerprint density at radius 3 is 2.75 bits per heavy atom. The third-order valence-electron chi connectivity index (χ3n) is 4.06. The molecule has 150 valence electrons. The number of rotatable bonds is 8. The van der Waals surface area contributed by atoms with Crippen LogP contribution in [0, 0.1) is 0 Å².